The molecule has 2 aromatic carbocycles. The van der Waals surface area contributed by atoms with Crippen molar-refractivity contribution in [2.75, 3.05) is 26.2 Å². The lowest BCUT2D eigenvalue weighted by molar-refractivity contribution is 0.0950. The standard InChI is InChI=1S/C24H33N3O4S/c1-3-27(4-2)18-20-9-7-19(8-10-20)16-25-24(28)21-11-13-23(14-12-21)32(29,30)26-17-22-6-5-15-31-22/h7-14,22,26H,3-6,15-18H2,1-2H3,(H,25,28). The third-order valence-corrected chi connectivity index (χ3v) is 7.17. The maximum absolute atomic E-state index is 12.5. The van der Waals surface area contributed by atoms with Gasteiger partial charge in [0.25, 0.3) is 5.91 Å². The summed E-state index contributed by atoms with van der Waals surface area (Å²) in [4.78, 5) is 15.0. The Morgan fingerprint density at radius 2 is 1.69 bits per heavy atom. The van der Waals surface area contributed by atoms with Crippen molar-refractivity contribution in [2.24, 2.45) is 0 Å². The summed E-state index contributed by atoms with van der Waals surface area (Å²) in [6.45, 7) is 8.59. The number of hydrogen-bond acceptors (Lipinski definition) is 5. The molecule has 1 saturated heterocycles. The lowest BCUT2D eigenvalue weighted by Gasteiger charge is -2.18. The summed E-state index contributed by atoms with van der Waals surface area (Å²) in [5.41, 5.74) is 2.68. The molecule has 1 aliphatic rings. The Hall–Kier alpha value is -2.26. The molecule has 0 spiro atoms. The highest BCUT2D eigenvalue weighted by Crippen LogP contribution is 2.14. The molecule has 0 aliphatic carbocycles. The van der Waals surface area contributed by atoms with Crippen molar-refractivity contribution in [2.45, 2.75) is 50.8 Å². The molecule has 1 unspecified atom stereocenters. The molecule has 32 heavy (non-hydrogen) atoms. The fraction of sp³-hybridized carbons (Fsp3) is 0.458. The maximum Gasteiger partial charge on any atom is 0.251 e. The lowest BCUT2D eigenvalue weighted by Crippen LogP contribution is -2.31. The van der Waals surface area contributed by atoms with E-state index < -0.39 is 10.0 Å². The molecule has 7 nitrogen and oxygen atoms in total. The first-order valence-corrected chi connectivity index (χ1v) is 12.7. The van der Waals surface area contributed by atoms with E-state index in [1.165, 1.54) is 29.8 Å². The van der Waals surface area contributed by atoms with Crippen LogP contribution in [0.2, 0.25) is 0 Å². The summed E-state index contributed by atoms with van der Waals surface area (Å²) in [6, 6.07) is 14.2. The molecular weight excluding hydrogens is 426 g/mol. The van der Waals surface area contributed by atoms with E-state index in [1.54, 1.807) is 0 Å². The van der Waals surface area contributed by atoms with Crippen molar-refractivity contribution in [3.63, 3.8) is 0 Å². The van der Waals surface area contributed by atoms with Crippen molar-refractivity contribution >= 4 is 15.9 Å². The van der Waals surface area contributed by atoms with Crippen LogP contribution in [-0.2, 0) is 27.8 Å². The fourth-order valence-corrected chi connectivity index (χ4v) is 4.70. The van der Waals surface area contributed by atoms with Crippen LogP contribution in [0.25, 0.3) is 0 Å². The highest BCUT2D eigenvalue weighted by Gasteiger charge is 2.20. The number of benzene rings is 2. The summed E-state index contributed by atoms with van der Waals surface area (Å²) >= 11 is 0. The van der Waals surface area contributed by atoms with Crippen LogP contribution < -0.4 is 10.0 Å². The molecule has 2 N–H and O–H groups in total. The second-order valence-corrected chi connectivity index (χ2v) is 9.74. The number of nitrogens with zero attached hydrogens (tertiary/aromatic N) is 1. The average molecular weight is 460 g/mol. The van der Waals surface area contributed by atoms with Gasteiger partial charge in [-0.05, 0) is 61.3 Å². The number of hydrogen-bond donors (Lipinski definition) is 2. The summed E-state index contributed by atoms with van der Waals surface area (Å²) in [6.07, 6.45) is 1.75. The van der Waals surface area contributed by atoms with Gasteiger partial charge in [0.2, 0.25) is 10.0 Å². The number of rotatable bonds is 11. The smallest absolute Gasteiger partial charge is 0.251 e. The van der Waals surface area contributed by atoms with Gasteiger partial charge in [-0.25, -0.2) is 13.1 Å². The number of amides is 1. The third-order valence-electron chi connectivity index (χ3n) is 5.73. The second-order valence-electron chi connectivity index (χ2n) is 7.97. The molecule has 1 atom stereocenters. The van der Waals surface area contributed by atoms with Crippen molar-refractivity contribution in [1.29, 1.82) is 0 Å². The van der Waals surface area contributed by atoms with Gasteiger partial charge >= 0.3 is 0 Å². The van der Waals surface area contributed by atoms with E-state index >= 15 is 0 Å². The molecule has 1 aliphatic heterocycles. The van der Waals surface area contributed by atoms with Crippen LogP contribution in [-0.4, -0.2) is 51.6 Å². The SMILES string of the molecule is CCN(CC)Cc1ccc(CNC(=O)c2ccc(S(=O)(=O)NCC3CCCO3)cc2)cc1. The molecule has 1 amide bonds. The van der Waals surface area contributed by atoms with Crippen LogP contribution in [0, 0.1) is 0 Å². The first-order chi connectivity index (χ1) is 15.4. The molecule has 0 aromatic heterocycles. The van der Waals surface area contributed by atoms with Crippen molar-refractivity contribution in [3.8, 4) is 0 Å². The molecule has 2 aromatic rings. The first kappa shape index (κ1) is 24.4. The predicted octanol–water partition coefficient (Wildman–Crippen LogP) is 2.92. The van der Waals surface area contributed by atoms with E-state index in [9.17, 15) is 13.2 Å². The molecule has 0 radical (unpaired) electrons. The number of nitrogens with one attached hydrogen (secondary N) is 2. The van der Waals surface area contributed by atoms with Crippen LogP contribution in [0.5, 0.6) is 0 Å². The zero-order chi connectivity index (χ0) is 23.0. The molecule has 1 heterocycles. The minimum Gasteiger partial charge on any atom is -0.377 e. The van der Waals surface area contributed by atoms with Crippen LogP contribution >= 0.6 is 0 Å². The number of carbonyl (C=O) groups is 1. The minimum atomic E-state index is -3.63. The Labute approximate surface area is 191 Å². The molecule has 0 bridgehead atoms. The number of carbonyl (C=O) groups excluding carboxylic acids is 1. The Morgan fingerprint density at radius 3 is 2.28 bits per heavy atom. The van der Waals surface area contributed by atoms with E-state index in [0.29, 0.717) is 18.7 Å². The average Bonchev–Trinajstić information content (AvgIpc) is 3.34. The highest BCUT2D eigenvalue weighted by molar-refractivity contribution is 7.89. The van der Waals surface area contributed by atoms with E-state index in [0.717, 1.165) is 38.0 Å². The van der Waals surface area contributed by atoms with E-state index in [-0.39, 0.29) is 23.5 Å². The van der Waals surface area contributed by atoms with E-state index in [1.807, 2.05) is 12.1 Å². The van der Waals surface area contributed by atoms with Crippen LogP contribution in [0.3, 0.4) is 0 Å². The van der Waals surface area contributed by atoms with Crippen molar-refractivity contribution in [3.05, 3.63) is 65.2 Å². The van der Waals surface area contributed by atoms with Gasteiger partial charge in [0, 0.05) is 31.8 Å². The quantitative estimate of drug-likeness (QED) is 0.540. The summed E-state index contributed by atoms with van der Waals surface area (Å²) in [7, 11) is -3.63. The van der Waals surface area contributed by atoms with Gasteiger partial charge in [-0.1, -0.05) is 38.1 Å². The van der Waals surface area contributed by atoms with Crippen LogP contribution in [0.15, 0.2) is 53.4 Å². The molecule has 8 heteroatoms. The highest BCUT2D eigenvalue weighted by atomic mass is 32.2. The molecule has 1 fully saturated rings. The minimum absolute atomic E-state index is 0.0684. The summed E-state index contributed by atoms with van der Waals surface area (Å²) in [5, 5.41) is 2.89. The van der Waals surface area contributed by atoms with Gasteiger partial charge in [0.1, 0.15) is 0 Å². The van der Waals surface area contributed by atoms with Gasteiger partial charge in [-0.3, -0.25) is 9.69 Å². The fourth-order valence-electron chi connectivity index (χ4n) is 3.63. The Balaban J connectivity index is 1.51. The second kappa shape index (κ2) is 11.6. The van der Waals surface area contributed by atoms with Crippen molar-refractivity contribution in [1.82, 2.24) is 14.9 Å². The molecule has 174 valence electrons. The van der Waals surface area contributed by atoms with Gasteiger partial charge in [-0.15, -0.1) is 0 Å². The Kier molecular flexibility index (Phi) is 8.81. The van der Waals surface area contributed by atoms with Gasteiger partial charge < -0.3 is 10.1 Å². The zero-order valence-electron chi connectivity index (χ0n) is 18.8. The number of sulfonamides is 1. The van der Waals surface area contributed by atoms with Gasteiger partial charge in [0.15, 0.2) is 0 Å². The molecule has 3 rings (SSSR count). The third kappa shape index (κ3) is 6.87. The monoisotopic (exact) mass is 459 g/mol. The predicted molar refractivity (Wildman–Crippen MR) is 125 cm³/mol. The normalized spacial score (nSPS) is 16.4. The lowest BCUT2D eigenvalue weighted by atomic mass is 10.1. The first-order valence-electron chi connectivity index (χ1n) is 11.2. The van der Waals surface area contributed by atoms with Gasteiger partial charge in [0.05, 0.1) is 11.0 Å². The zero-order valence-corrected chi connectivity index (χ0v) is 19.7. The van der Waals surface area contributed by atoms with Crippen molar-refractivity contribution < 1.29 is 17.9 Å². The van der Waals surface area contributed by atoms with E-state index in [4.69, 9.17) is 4.74 Å². The largest absolute Gasteiger partial charge is 0.377 e. The maximum atomic E-state index is 12.5. The summed E-state index contributed by atoms with van der Waals surface area (Å²) in [5.74, 6) is -0.242. The number of ether oxygens (including phenoxy) is 1. The van der Waals surface area contributed by atoms with Crippen LogP contribution in [0.1, 0.15) is 48.2 Å². The Morgan fingerprint density at radius 1 is 1.03 bits per heavy atom. The molecule has 0 saturated carbocycles. The topological polar surface area (TPSA) is 87.7 Å². The summed E-state index contributed by atoms with van der Waals surface area (Å²) < 4.78 is 32.9. The molecular formula is C24H33N3O4S. The Bertz CT molecular complexity index is 965. The van der Waals surface area contributed by atoms with Gasteiger partial charge in [-0.2, -0.15) is 0 Å². The van der Waals surface area contributed by atoms with Crippen LogP contribution in [0.4, 0.5) is 0 Å². The van der Waals surface area contributed by atoms with E-state index in [2.05, 4.69) is 40.9 Å².